The lowest BCUT2D eigenvalue weighted by atomic mass is 9.37. The minimum absolute atomic E-state index is 0.0854. The van der Waals surface area contributed by atoms with Crippen LogP contribution in [0, 0.1) is 6.92 Å². The molecular formula is C33H35BO2S. The van der Waals surface area contributed by atoms with Crippen molar-refractivity contribution in [2.75, 3.05) is 0 Å². The summed E-state index contributed by atoms with van der Waals surface area (Å²) in [5.41, 5.74) is 8.26. The minimum atomic E-state index is 0.0854. The third kappa shape index (κ3) is 3.30. The third-order valence-corrected chi connectivity index (χ3v) is 10.3. The fourth-order valence-electron chi connectivity index (χ4n) is 6.62. The average molecular weight is 507 g/mol. The summed E-state index contributed by atoms with van der Waals surface area (Å²) in [4.78, 5) is 0. The Morgan fingerprint density at radius 1 is 0.811 bits per heavy atom. The molecule has 37 heavy (non-hydrogen) atoms. The Labute approximate surface area is 225 Å². The molecule has 7 rings (SSSR count). The van der Waals surface area contributed by atoms with E-state index in [-0.39, 0.29) is 23.0 Å². The van der Waals surface area contributed by atoms with Crippen LogP contribution in [0.5, 0.6) is 23.0 Å². The quantitative estimate of drug-likeness (QED) is 0.198. The lowest BCUT2D eigenvalue weighted by molar-refractivity contribution is 0.330. The van der Waals surface area contributed by atoms with E-state index in [2.05, 4.69) is 97.9 Å². The van der Waals surface area contributed by atoms with E-state index < -0.39 is 0 Å². The Kier molecular flexibility index (Phi) is 4.57. The molecule has 3 aliphatic rings. The van der Waals surface area contributed by atoms with Crippen molar-refractivity contribution >= 4 is 43.8 Å². The van der Waals surface area contributed by atoms with Gasteiger partial charge in [-0.2, -0.15) is 0 Å². The van der Waals surface area contributed by atoms with E-state index in [4.69, 9.17) is 9.47 Å². The van der Waals surface area contributed by atoms with Crippen LogP contribution in [-0.2, 0) is 16.2 Å². The smallest absolute Gasteiger partial charge is 0.273 e. The Morgan fingerprint density at radius 2 is 1.46 bits per heavy atom. The fraction of sp³-hybridized carbons (Fsp3) is 0.394. The van der Waals surface area contributed by atoms with Crippen LogP contribution in [0.4, 0.5) is 0 Å². The molecule has 0 unspecified atom stereocenters. The van der Waals surface area contributed by atoms with E-state index in [1.807, 2.05) is 11.3 Å². The maximum atomic E-state index is 6.76. The van der Waals surface area contributed by atoms with Crippen LogP contribution in [0.1, 0.15) is 83.6 Å². The van der Waals surface area contributed by atoms with Crippen molar-refractivity contribution in [2.45, 2.75) is 84.5 Å². The van der Waals surface area contributed by atoms with Crippen molar-refractivity contribution in [1.29, 1.82) is 0 Å². The van der Waals surface area contributed by atoms with Crippen molar-refractivity contribution < 1.29 is 9.47 Å². The lowest BCUT2D eigenvalue weighted by Gasteiger charge is -2.43. The summed E-state index contributed by atoms with van der Waals surface area (Å²) in [6.07, 6.45) is 2.39. The standard InChI is InChI=1S/C33H35BO2S/c1-18-13-25-28-26(14-18)36-29-20-15-19(31(2,3)4)9-10-27(20)37-30(29)34(28)23-16-21-22(17-24(23)35-25)33(7,8)12-11-32(21,5)6/h9-10,13-17H,11-12H2,1-8H3. The molecule has 188 valence electrons. The second kappa shape index (κ2) is 7.23. The van der Waals surface area contributed by atoms with E-state index in [0.717, 1.165) is 28.6 Å². The van der Waals surface area contributed by atoms with Crippen LogP contribution in [0.25, 0.3) is 10.1 Å². The first kappa shape index (κ1) is 23.4. The van der Waals surface area contributed by atoms with Gasteiger partial charge in [0.05, 0.1) is 0 Å². The maximum Gasteiger partial charge on any atom is 0.273 e. The molecule has 1 aliphatic carbocycles. The number of aryl methyl sites for hydroxylation is 1. The highest BCUT2D eigenvalue weighted by atomic mass is 32.1. The zero-order chi connectivity index (χ0) is 26.1. The average Bonchev–Trinajstić information content (AvgIpc) is 3.18. The molecule has 0 saturated heterocycles. The van der Waals surface area contributed by atoms with Crippen molar-refractivity contribution in [1.82, 2.24) is 0 Å². The van der Waals surface area contributed by atoms with Crippen molar-refractivity contribution in [3.8, 4) is 23.0 Å². The number of rotatable bonds is 0. The molecule has 3 heterocycles. The van der Waals surface area contributed by atoms with E-state index in [1.165, 1.54) is 55.3 Å². The zero-order valence-corrected chi connectivity index (χ0v) is 24.1. The summed E-state index contributed by atoms with van der Waals surface area (Å²) in [7, 11) is 0. The molecule has 2 aliphatic heterocycles. The van der Waals surface area contributed by atoms with E-state index >= 15 is 0 Å². The molecule has 1 aromatic heterocycles. The topological polar surface area (TPSA) is 18.5 Å². The van der Waals surface area contributed by atoms with Gasteiger partial charge in [0.15, 0.2) is 0 Å². The van der Waals surface area contributed by atoms with Crippen LogP contribution in [0.3, 0.4) is 0 Å². The van der Waals surface area contributed by atoms with Crippen LogP contribution in [0.2, 0.25) is 0 Å². The second-order valence-electron chi connectivity index (χ2n) is 13.8. The Hall–Kier alpha value is -2.72. The maximum absolute atomic E-state index is 6.76. The number of ether oxygens (including phenoxy) is 2. The van der Waals surface area contributed by atoms with Gasteiger partial charge in [-0.15, -0.1) is 11.3 Å². The molecule has 0 radical (unpaired) electrons. The van der Waals surface area contributed by atoms with Gasteiger partial charge in [0.1, 0.15) is 23.0 Å². The van der Waals surface area contributed by atoms with Crippen molar-refractivity contribution in [2.24, 2.45) is 0 Å². The van der Waals surface area contributed by atoms with Gasteiger partial charge in [0.25, 0.3) is 6.71 Å². The molecule has 4 heteroatoms. The summed E-state index contributed by atoms with van der Waals surface area (Å²) in [5.74, 6) is 3.93. The second-order valence-corrected chi connectivity index (χ2v) is 14.9. The molecule has 0 atom stereocenters. The summed E-state index contributed by atoms with van der Waals surface area (Å²) >= 11 is 1.88. The fourth-order valence-corrected chi connectivity index (χ4v) is 7.86. The molecule has 0 saturated carbocycles. The predicted molar refractivity (Wildman–Crippen MR) is 158 cm³/mol. The van der Waals surface area contributed by atoms with Gasteiger partial charge in [-0.05, 0) is 94.1 Å². The number of hydrogen-bond acceptors (Lipinski definition) is 3. The van der Waals surface area contributed by atoms with Gasteiger partial charge < -0.3 is 9.47 Å². The first-order valence-corrected chi connectivity index (χ1v) is 14.4. The summed E-state index contributed by atoms with van der Waals surface area (Å²) < 4.78 is 16.1. The SMILES string of the molecule is Cc1cc2c3c(c1)Oc1c(sc4ccc(C(C)(C)C)cc14)B3c1cc3c(cc1O2)C(C)(C)CCC3(C)C. The normalized spacial score (nSPS) is 18.3. The molecular weight excluding hydrogens is 471 g/mol. The van der Waals surface area contributed by atoms with E-state index in [1.54, 1.807) is 0 Å². The molecule has 0 bridgehead atoms. The predicted octanol–water partition coefficient (Wildman–Crippen LogP) is 7.58. The Morgan fingerprint density at radius 3 is 2.14 bits per heavy atom. The van der Waals surface area contributed by atoms with Gasteiger partial charge in [-0.25, -0.2) is 0 Å². The molecule has 0 spiro atoms. The minimum Gasteiger partial charge on any atom is -0.458 e. The number of fused-ring (bicyclic) bond motifs is 7. The summed E-state index contributed by atoms with van der Waals surface area (Å²) in [5, 5.41) is 1.23. The zero-order valence-electron chi connectivity index (χ0n) is 23.3. The van der Waals surface area contributed by atoms with E-state index in [0.29, 0.717) is 0 Å². The Balaban J connectivity index is 1.53. The molecule has 4 aromatic rings. The molecule has 2 nitrogen and oxygen atoms in total. The lowest BCUT2D eigenvalue weighted by Crippen LogP contribution is -2.57. The van der Waals surface area contributed by atoms with Gasteiger partial charge in [-0.1, -0.05) is 60.6 Å². The summed E-state index contributed by atoms with van der Waals surface area (Å²) in [6, 6.07) is 16.2. The van der Waals surface area contributed by atoms with Crippen LogP contribution in [-0.4, -0.2) is 6.71 Å². The molecule has 0 fully saturated rings. The first-order valence-electron chi connectivity index (χ1n) is 13.6. The third-order valence-electron chi connectivity index (χ3n) is 9.06. The summed E-state index contributed by atoms with van der Waals surface area (Å²) in [6.45, 7) is 18.7. The highest BCUT2D eigenvalue weighted by Gasteiger charge is 2.45. The van der Waals surface area contributed by atoms with Crippen molar-refractivity contribution in [3.63, 3.8) is 0 Å². The Bertz CT molecular complexity index is 1630. The van der Waals surface area contributed by atoms with Crippen LogP contribution < -0.4 is 25.2 Å². The highest BCUT2D eigenvalue weighted by Crippen LogP contribution is 2.48. The van der Waals surface area contributed by atoms with Crippen molar-refractivity contribution in [3.05, 3.63) is 64.7 Å². The van der Waals surface area contributed by atoms with Gasteiger partial charge in [0.2, 0.25) is 0 Å². The largest absolute Gasteiger partial charge is 0.458 e. The van der Waals surface area contributed by atoms with E-state index in [9.17, 15) is 0 Å². The van der Waals surface area contributed by atoms with Gasteiger partial charge in [-0.3, -0.25) is 0 Å². The number of thiophene rings is 1. The molecule has 0 N–H and O–H groups in total. The van der Waals surface area contributed by atoms with Crippen LogP contribution >= 0.6 is 11.3 Å². The van der Waals surface area contributed by atoms with Gasteiger partial charge in [0, 0.05) is 20.3 Å². The monoisotopic (exact) mass is 506 g/mol. The molecule has 0 amide bonds. The first-order chi connectivity index (χ1) is 17.3. The van der Waals surface area contributed by atoms with Gasteiger partial charge >= 0.3 is 0 Å². The molecule has 3 aromatic carbocycles. The number of benzene rings is 3. The highest BCUT2D eigenvalue weighted by molar-refractivity contribution is 7.33. The van der Waals surface area contributed by atoms with Crippen LogP contribution in [0.15, 0.2) is 42.5 Å². The number of hydrogen-bond donors (Lipinski definition) is 0.